The summed E-state index contributed by atoms with van der Waals surface area (Å²) >= 11 is 1.51. The molecular formula is C9H16N2O3S. The SMILES string of the molecule is CC(O)CN(C)C(=O)CN1CSCC1=O. The van der Waals surface area contributed by atoms with Crippen molar-refractivity contribution in [2.24, 2.45) is 0 Å². The molecule has 0 aromatic heterocycles. The van der Waals surface area contributed by atoms with Crippen molar-refractivity contribution in [3.05, 3.63) is 0 Å². The van der Waals surface area contributed by atoms with Crippen molar-refractivity contribution in [3.8, 4) is 0 Å². The van der Waals surface area contributed by atoms with Gasteiger partial charge in [0.25, 0.3) is 0 Å². The molecule has 15 heavy (non-hydrogen) atoms. The minimum atomic E-state index is -0.539. The molecule has 6 heteroatoms. The molecule has 1 saturated heterocycles. The monoisotopic (exact) mass is 232 g/mol. The second-order valence-electron chi connectivity index (χ2n) is 3.69. The lowest BCUT2D eigenvalue weighted by atomic mass is 10.3. The molecule has 0 spiro atoms. The Labute approximate surface area is 93.4 Å². The third-order valence-electron chi connectivity index (χ3n) is 2.12. The van der Waals surface area contributed by atoms with E-state index in [1.807, 2.05) is 0 Å². The Balaban J connectivity index is 2.37. The van der Waals surface area contributed by atoms with E-state index in [9.17, 15) is 9.59 Å². The zero-order valence-corrected chi connectivity index (χ0v) is 9.79. The maximum atomic E-state index is 11.6. The van der Waals surface area contributed by atoms with E-state index in [1.165, 1.54) is 21.6 Å². The van der Waals surface area contributed by atoms with Crippen LogP contribution in [0.1, 0.15) is 6.92 Å². The molecule has 0 radical (unpaired) electrons. The first-order chi connectivity index (χ1) is 7.00. The molecule has 0 saturated carbocycles. The molecule has 1 atom stereocenters. The number of carbonyl (C=O) groups excluding carboxylic acids is 2. The highest BCUT2D eigenvalue weighted by atomic mass is 32.2. The van der Waals surface area contributed by atoms with E-state index < -0.39 is 6.10 Å². The lowest BCUT2D eigenvalue weighted by Gasteiger charge is -2.22. The van der Waals surface area contributed by atoms with Gasteiger partial charge in [-0.05, 0) is 6.92 Å². The van der Waals surface area contributed by atoms with E-state index in [0.29, 0.717) is 18.2 Å². The highest BCUT2D eigenvalue weighted by Gasteiger charge is 2.24. The number of amides is 2. The van der Waals surface area contributed by atoms with Gasteiger partial charge in [0, 0.05) is 13.6 Å². The third-order valence-corrected chi connectivity index (χ3v) is 3.06. The zero-order chi connectivity index (χ0) is 11.4. The van der Waals surface area contributed by atoms with Crippen LogP contribution in [0.15, 0.2) is 0 Å². The van der Waals surface area contributed by atoms with Crippen LogP contribution in [-0.2, 0) is 9.59 Å². The van der Waals surface area contributed by atoms with Gasteiger partial charge in [-0.3, -0.25) is 9.59 Å². The summed E-state index contributed by atoms with van der Waals surface area (Å²) in [6.07, 6.45) is -0.539. The number of aliphatic hydroxyl groups excluding tert-OH is 1. The highest BCUT2D eigenvalue weighted by molar-refractivity contribution is 8.00. The molecule has 1 rings (SSSR count). The van der Waals surface area contributed by atoms with Crippen molar-refractivity contribution in [2.75, 3.05) is 31.8 Å². The number of carbonyl (C=O) groups is 2. The number of rotatable bonds is 4. The van der Waals surface area contributed by atoms with Crippen LogP contribution < -0.4 is 0 Å². The first kappa shape index (κ1) is 12.3. The van der Waals surface area contributed by atoms with Gasteiger partial charge in [-0.2, -0.15) is 0 Å². The fraction of sp³-hybridized carbons (Fsp3) is 0.778. The largest absolute Gasteiger partial charge is 0.392 e. The molecule has 1 heterocycles. The summed E-state index contributed by atoms with van der Waals surface area (Å²) in [5.41, 5.74) is 0. The first-order valence-corrected chi connectivity index (χ1v) is 5.93. The van der Waals surface area contributed by atoms with E-state index in [4.69, 9.17) is 5.11 Å². The summed E-state index contributed by atoms with van der Waals surface area (Å²) < 4.78 is 0. The van der Waals surface area contributed by atoms with E-state index in [1.54, 1.807) is 14.0 Å². The Morgan fingerprint density at radius 3 is 2.87 bits per heavy atom. The van der Waals surface area contributed by atoms with Crippen LogP contribution in [0.4, 0.5) is 0 Å². The second kappa shape index (κ2) is 5.37. The molecule has 86 valence electrons. The topological polar surface area (TPSA) is 60.9 Å². The summed E-state index contributed by atoms with van der Waals surface area (Å²) in [5, 5.41) is 9.11. The Morgan fingerprint density at radius 2 is 2.40 bits per heavy atom. The summed E-state index contributed by atoms with van der Waals surface area (Å²) in [6, 6.07) is 0. The summed E-state index contributed by atoms with van der Waals surface area (Å²) in [5.74, 6) is 0.936. The van der Waals surface area contributed by atoms with E-state index in [-0.39, 0.29) is 18.4 Å². The number of aliphatic hydroxyl groups is 1. The molecule has 0 bridgehead atoms. The quantitative estimate of drug-likeness (QED) is 0.700. The molecular weight excluding hydrogens is 216 g/mol. The van der Waals surface area contributed by atoms with Crippen molar-refractivity contribution in [1.29, 1.82) is 0 Å². The van der Waals surface area contributed by atoms with Gasteiger partial charge in [-0.25, -0.2) is 0 Å². The Morgan fingerprint density at radius 1 is 1.73 bits per heavy atom. The van der Waals surface area contributed by atoms with Crippen LogP contribution in [0.2, 0.25) is 0 Å². The number of hydrogen-bond acceptors (Lipinski definition) is 4. The molecule has 1 N–H and O–H groups in total. The average molecular weight is 232 g/mol. The maximum absolute atomic E-state index is 11.6. The number of hydrogen-bond donors (Lipinski definition) is 1. The lowest BCUT2D eigenvalue weighted by molar-refractivity contribution is -0.137. The minimum absolute atomic E-state index is 0.0128. The Bertz CT molecular complexity index is 258. The van der Waals surface area contributed by atoms with Crippen LogP contribution in [0.5, 0.6) is 0 Å². The van der Waals surface area contributed by atoms with Crippen LogP contribution >= 0.6 is 11.8 Å². The van der Waals surface area contributed by atoms with Gasteiger partial charge in [-0.1, -0.05) is 0 Å². The Hall–Kier alpha value is -0.750. The van der Waals surface area contributed by atoms with Crippen molar-refractivity contribution in [2.45, 2.75) is 13.0 Å². The lowest BCUT2D eigenvalue weighted by Crippen LogP contribution is -2.41. The summed E-state index contributed by atoms with van der Waals surface area (Å²) in [7, 11) is 1.63. The second-order valence-corrected chi connectivity index (χ2v) is 4.65. The number of nitrogens with zero attached hydrogens (tertiary/aromatic N) is 2. The van der Waals surface area contributed by atoms with Crippen molar-refractivity contribution < 1.29 is 14.7 Å². The summed E-state index contributed by atoms with van der Waals surface area (Å²) in [4.78, 5) is 25.8. The molecule has 0 aliphatic carbocycles. The maximum Gasteiger partial charge on any atom is 0.242 e. The molecule has 2 amide bonds. The van der Waals surface area contributed by atoms with Gasteiger partial charge < -0.3 is 14.9 Å². The van der Waals surface area contributed by atoms with Crippen LogP contribution in [0.25, 0.3) is 0 Å². The average Bonchev–Trinajstić information content (AvgIpc) is 2.50. The zero-order valence-electron chi connectivity index (χ0n) is 8.97. The highest BCUT2D eigenvalue weighted by Crippen LogP contribution is 2.14. The fourth-order valence-electron chi connectivity index (χ4n) is 1.32. The predicted octanol–water partition coefficient (Wildman–Crippen LogP) is -0.641. The normalized spacial score (nSPS) is 18.1. The van der Waals surface area contributed by atoms with Crippen LogP contribution in [0, 0.1) is 0 Å². The standard InChI is InChI=1S/C9H16N2O3S/c1-7(12)3-10(2)8(13)4-11-6-15-5-9(11)14/h7,12H,3-6H2,1-2H3. The molecule has 0 aromatic rings. The van der Waals surface area contributed by atoms with E-state index in [0.717, 1.165) is 0 Å². The van der Waals surface area contributed by atoms with E-state index in [2.05, 4.69) is 0 Å². The molecule has 1 aliphatic rings. The third kappa shape index (κ3) is 3.71. The molecule has 0 aromatic carbocycles. The van der Waals surface area contributed by atoms with Gasteiger partial charge in [0.1, 0.15) is 6.54 Å². The minimum Gasteiger partial charge on any atom is -0.392 e. The first-order valence-electron chi connectivity index (χ1n) is 4.78. The van der Waals surface area contributed by atoms with Crippen molar-refractivity contribution in [1.82, 2.24) is 9.80 Å². The Kier molecular flexibility index (Phi) is 4.41. The smallest absolute Gasteiger partial charge is 0.242 e. The van der Waals surface area contributed by atoms with Gasteiger partial charge in [0.2, 0.25) is 11.8 Å². The molecule has 1 unspecified atom stereocenters. The summed E-state index contributed by atoms with van der Waals surface area (Å²) in [6.45, 7) is 2.05. The van der Waals surface area contributed by atoms with Gasteiger partial charge in [0.15, 0.2) is 0 Å². The van der Waals surface area contributed by atoms with Gasteiger partial charge in [-0.15, -0.1) is 11.8 Å². The van der Waals surface area contributed by atoms with Crippen molar-refractivity contribution in [3.63, 3.8) is 0 Å². The number of thioether (sulfide) groups is 1. The van der Waals surface area contributed by atoms with Crippen LogP contribution in [0.3, 0.4) is 0 Å². The number of likely N-dealkylation sites (N-methyl/N-ethyl adjacent to an activating group) is 1. The van der Waals surface area contributed by atoms with Crippen LogP contribution in [-0.4, -0.2) is 64.6 Å². The molecule has 1 fully saturated rings. The fourth-order valence-corrected chi connectivity index (χ4v) is 2.23. The molecule has 5 nitrogen and oxygen atoms in total. The van der Waals surface area contributed by atoms with Gasteiger partial charge >= 0.3 is 0 Å². The van der Waals surface area contributed by atoms with E-state index >= 15 is 0 Å². The molecule has 1 aliphatic heterocycles. The predicted molar refractivity (Wildman–Crippen MR) is 58.4 cm³/mol. The van der Waals surface area contributed by atoms with Crippen molar-refractivity contribution >= 4 is 23.6 Å². The van der Waals surface area contributed by atoms with Gasteiger partial charge in [0.05, 0.1) is 17.7 Å².